The maximum atomic E-state index is 12.4. The van der Waals surface area contributed by atoms with Crippen molar-refractivity contribution in [2.75, 3.05) is 24.3 Å². The number of carbonyl (C=O) groups excluding carboxylic acids is 1. The molecule has 2 heterocycles. The third kappa shape index (κ3) is 3.49. The van der Waals surface area contributed by atoms with E-state index in [0.29, 0.717) is 22.3 Å². The Morgan fingerprint density at radius 1 is 1.53 bits per heavy atom. The van der Waals surface area contributed by atoms with Gasteiger partial charge in [0.15, 0.2) is 9.84 Å². The van der Waals surface area contributed by atoms with Crippen molar-refractivity contribution in [3.63, 3.8) is 0 Å². The summed E-state index contributed by atoms with van der Waals surface area (Å²) in [6.45, 7) is 0.438. The number of sulfone groups is 1. The highest BCUT2D eigenvalue weighted by atomic mass is 79.9. The Morgan fingerprint density at radius 3 is 2.89 bits per heavy atom. The van der Waals surface area contributed by atoms with E-state index in [4.69, 9.17) is 0 Å². The van der Waals surface area contributed by atoms with E-state index < -0.39 is 15.2 Å². The fraction of sp³-hybridized carbons (Fsp3) is 0.455. The van der Waals surface area contributed by atoms with Crippen LogP contribution in [0.1, 0.15) is 10.4 Å². The monoisotopic (exact) mass is 364 g/mol. The summed E-state index contributed by atoms with van der Waals surface area (Å²) in [5, 5.41) is -0.752. The topological polar surface area (TPSA) is 67.3 Å². The average molecular weight is 365 g/mol. The Balaban J connectivity index is 2.30. The van der Waals surface area contributed by atoms with Crippen LogP contribution < -0.4 is 0 Å². The summed E-state index contributed by atoms with van der Waals surface area (Å²) in [4.78, 5) is 17.8. The smallest absolute Gasteiger partial charge is 0.256 e. The molecule has 2 rings (SSSR count). The van der Waals surface area contributed by atoms with Gasteiger partial charge in [-0.05, 0) is 22.0 Å². The quantitative estimate of drug-likeness (QED) is 0.793. The first-order valence-corrected chi connectivity index (χ1v) is 9.48. The molecule has 1 amide bonds. The first kappa shape index (κ1) is 14.8. The van der Waals surface area contributed by atoms with Gasteiger partial charge in [0.1, 0.15) is 5.37 Å². The zero-order chi connectivity index (χ0) is 14.0. The predicted molar refractivity (Wildman–Crippen MR) is 78.9 cm³/mol. The van der Waals surface area contributed by atoms with Gasteiger partial charge in [-0.1, -0.05) is 0 Å². The highest BCUT2D eigenvalue weighted by molar-refractivity contribution is 9.10. The van der Waals surface area contributed by atoms with Gasteiger partial charge in [-0.15, -0.1) is 0 Å². The summed E-state index contributed by atoms with van der Waals surface area (Å²) in [6, 6.07) is 1.65. The molecule has 1 saturated heterocycles. The summed E-state index contributed by atoms with van der Waals surface area (Å²) in [5.41, 5.74) is 0.398. The second kappa shape index (κ2) is 5.80. The Hall–Kier alpha value is -0.600. The average Bonchev–Trinajstić information content (AvgIpc) is 2.37. The van der Waals surface area contributed by atoms with E-state index >= 15 is 0 Å². The van der Waals surface area contributed by atoms with Crippen molar-refractivity contribution in [2.45, 2.75) is 5.37 Å². The zero-order valence-corrected chi connectivity index (χ0v) is 13.5. The number of carbonyl (C=O) groups is 1. The van der Waals surface area contributed by atoms with Crippen LogP contribution in [-0.2, 0) is 9.84 Å². The van der Waals surface area contributed by atoms with Gasteiger partial charge in [0.25, 0.3) is 5.91 Å². The molecule has 104 valence electrons. The molecule has 8 heteroatoms. The standard InChI is InChI=1S/C11H13BrN2O3S2/c1-19(16,17)10-7-18-3-2-14(10)11(15)8-4-9(12)6-13-5-8/h4-6,10H,2-3,7H2,1H3. The van der Waals surface area contributed by atoms with Gasteiger partial charge in [0.2, 0.25) is 0 Å². The Labute approximate surface area is 124 Å². The molecule has 0 bridgehead atoms. The largest absolute Gasteiger partial charge is 0.320 e. The first-order chi connectivity index (χ1) is 8.89. The number of halogens is 1. The third-order valence-corrected chi connectivity index (χ3v) is 5.87. The number of rotatable bonds is 2. The van der Waals surface area contributed by atoms with Crippen molar-refractivity contribution in [1.82, 2.24) is 9.88 Å². The molecule has 0 radical (unpaired) electrons. The van der Waals surface area contributed by atoms with Crippen LogP contribution in [0.2, 0.25) is 0 Å². The van der Waals surface area contributed by atoms with Crippen LogP contribution in [0.5, 0.6) is 0 Å². The molecule has 1 unspecified atom stereocenters. The van der Waals surface area contributed by atoms with Gasteiger partial charge < -0.3 is 4.90 Å². The van der Waals surface area contributed by atoms with Gasteiger partial charge in [0, 0.05) is 41.2 Å². The lowest BCUT2D eigenvalue weighted by molar-refractivity contribution is 0.0749. The lowest BCUT2D eigenvalue weighted by Crippen LogP contribution is -2.49. The van der Waals surface area contributed by atoms with Crippen molar-refractivity contribution in [1.29, 1.82) is 0 Å². The van der Waals surface area contributed by atoms with Crippen LogP contribution in [0.4, 0.5) is 0 Å². The first-order valence-electron chi connectivity index (χ1n) is 5.58. The lowest BCUT2D eigenvalue weighted by Gasteiger charge is -2.34. The second-order valence-corrected chi connectivity index (χ2v) is 8.52. The molecule has 1 aliphatic rings. The van der Waals surface area contributed by atoms with Crippen molar-refractivity contribution < 1.29 is 13.2 Å². The number of amides is 1. The van der Waals surface area contributed by atoms with E-state index in [1.165, 1.54) is 17.4 Å². The van der Waals surface area contributed by atoms with Crippen molar-refractivity contribution in [3.8, 4) is 0 Å². The molecule has 1 aromatic heterocycles. The molecule has 0 N–H and O–H groups in total. The number of pyridine rings is 1. The zero-order valence-electron chi connectivity index (χ0n) is 10.2. The minimum Gasteiger partial charge on any atom is -0.320 e. The molecule has 1 fully saturated rings. The number of aromatic nitrogens is 1. The molecule has 19 heavy (non-hydrogen) atoms. The molecule has 0 aliphatic carbocycles. The maximum absolute atomic E-state index is 12.4. The Kier molecular flexibility index (Phi) is 4.52. The number of thioether (sulfide) groups is 1. The van der Waals surface area contributed by atoms with Gasteiger partial charge in [-0.25, -0.2) is 8.42 Å². The summed E-state index contributed by atoms with van der Waals surface area (Å²) >= 11 is 4.80. The van der Waals surface area contributed by atoms with Crippen molar-refractivity contribution >= 4 is 43.4 Å². The number of nitrogens with zero attached hydrogens (tertiary/aromatic N) is 2. The van der Waals surface area contributed by atoms with Gasteiger partial charge in [0.05, 0.1) is 5.56 Å². The normalized spacial score (nSPS) is 20.3. The van der Waals surface area contributed by atoms with Crippen LogP contribution in [0.3, 0.4) is 0 Å². The number of hydrogen-bond donors (Lipinski definition) is 0. The summed E-state index contributed by atoms with van der Waals surface area (Å²) in [6.07, 6.45) is 4.20. The SMILES string of the molecule is CS(=O)(=O)C1CSCCN1C(=O)c1cncc(Br)c1. The van der Waals surface area contributed by atoms with Crippen LogP contribution in [0.15, 0.2) is 22.9 Å². The minimum absolute atomic E-state index is 0.287. The summed E-state index contributed by atoms with van der Waals surface area (Å²) in [7, 11) is -3.29. The van der Waals surface area contributed by atoms with Crippen LogP contribution in [0.25, 0.3) is 0 Å². The van der Waals surface area contributed by atoms with E-state index in [-0.39, 0.29) is 5.91 Å². The molecular weight excluding hydrogens is 352 g/mol. The maximum Gasteiger partial charge on any atom is 0.256 e. The fourth-order valence-corrected chi connectivity index (χ4v) is 5.04. The highest BCUT2D eigenvalue weighted by Crippen LogP contribution is 2.23. The summed E-state index contributed by atoms with van der Waals surface area (Å²) < 4.78 is 24.2. The lowest BCUT2D eigenvalue weighted by atomic mass is 10.2. The Morgan fingerprint density at radius 2 is 2.26 bits per heavy atom. The van der Waals surface area contributed by atoms with E-state index in [2.05, 4.69) is 20.9 Å². The van der Waals surface area contributed by atoms with E-state index in [1.807, 2.05) is 0 Å². The Bertz CT molecular complexity index is 591. The van der Waals surface area contributed by atoms with Gasteiger partial charge >= 0.3 is 0 Å². The molecule has 1 atom stereocenters. The van der Waals surface area contributed by atoms with Gasteiger partial charge in [-0.3, -0.25) is 9.78 Å². The second-order valence-electron chi connectivity index (χ2n) is 4.25. The number of hydrogen-bond acceptors (Lipinski definition) is 5. The van der Waals surface area contributed by atoms with E-state index in [9.17, 15) is 13.2 Å². The van der Waals surface area contributed by atoms with E-state index in [0.717, 1.165) is 5.75 Å². The minimum atomic E-state index is -3.29. The summed E-state index contributed by atoms with van der Waals surface area (Å²) in [5.74, 6) is 0.884. The molecule has 0 spiro atoms. The molecule has 5 nitrogen and oxygen atoms in total. The fourth-order valence-electron chi connectivity index (χ4n) is 1.86. The van der Waals surface area contributed by atoms with Crippen LogP contribution >= 0.6 is 27.7 Å². The van der Waals surface area contributed by atoms with Crippen LogP contribution in [0, 0.1) is 0 Å². The van der Waals surface area contributed by atoms with Crippen molar-refractivity contribution in [3.05, 3.63) is 28.5 Å². The molecular formula is C11H13BrN2O3S2. The molecule has 1 aliphatic heterocycles. The van der Waals surface area contributed by atoms with Crippen LogP contribution in [-0.4, -0.2) is 53.9 Å². The third-order valence-electron chi connectivity index (χ3n) is 2.79. The molecule has 0 saturated carbocycles. The molecule has 1 aromatic rings. The molecule has 0 aromatic carbocycles. The van der Waals surface area contributed by atoms with E-state index in [1.54, 1.807) is 24.0 Å². The van der Waals surface area contributed by atoms with Crippen molar-refractivity contribution in [2.24, 2.45) is 0 Å². The highest BCUT2D eigenvalue weighted by Gasteiger charge is 2.34. The predicted octanol–water partition coefficient (Wildman–Crippen LogP) is 1.40. The van der Waals surface area contributed by atoms with Gasteiger partial charge in [-0.2, -0.15) is 11.8 Å².